The summed E-state index contributed by atoms with van der Waals surface area (Å²) in [6, 6.07) is 7.57. The number of hydrogen-bond acceptors (Lipinski definition) is 16. The molecule has 1 unspecified atom stereocenters. The third kappa shape index (κ3) is 12.3. The van der Waals surface area contributed by atoms with Crippen LogP contribution in [0.3, 0.4) is 0 Å². The van der Waals surface area contributed by atoms with E-state index in [1.807, 2.05) is 35.1 Å². The summed E-state index contributed by atoms with van der Waals surface area (Å²) in [5.74, 6) is 2.84. The van der Waals surface area contributed by atoms with Gasteiger partial charge in [0, 0.05) is 62.5 Å². The van der Waals surface area contributed by atoms with Crippen molar-refractivity contribution < 1.29 is 0 Å². The van der Waals surface area contributed by atoms with Crippen LogP contribution in [-0.4, -0.2) is 89.3 Å². The van der Waals surface area contributed by atoms with Crippen molar-refractivity contribution in [3.05, 3.63) is 47.3 Å². The Labute approximate surface area is 291 Å². The zero-order chi connectivity index (χ0) is 35.7. The predicted molar refractivity (Wildman–Crippen MR) is 198 cm³/mol. The highest BCUT2D eigenvalue weighted by Gasteiger charge is 2.09. The van der Waals surface area contributed by atoms with Crippen LogP contribution in [0.5, 0.6) is 0 Å². The highest BCUT2D eigenvalue weighted by atomic mass is 15.4. The molecule has 0 aliphatic carbocycles. The van der Waals surface area contributed by atoms with Crippen molar-refractivity contribution >= 4 is 47.4 Å². The average Bonchev–Trinajstić information content (AvgIpc) is 3.57. The fourth-order valence-corrected chi connectivity index (χ4v) is 4.61. The first-order chi connectivity index (χ1) is 24.2. The fourth-order valence-electron chi connectivity index (χ4n) is 4.61. The number of nitrogens with one attached hydrogen (secondary N) is 3. The molecule has 50 heavy (non-hydrogen) atoms. The minimum atomic E-state index is 0.0789. The number of unbranched alkanes of at least 4 members (excludes halogenated alkanes) is 2. The molecule has 0 saturated heterocycles. The molecule has 0 saturated carbocycles. The monoisotopic (exact) mass is 687 g/mol. The number of aromatic nitrogens is 9. The van der Waals surface area contributed by atoms with Gasteiger partial charge in [-0.15, -0.1) is 5.10 Å². The molecule has 3 heterocycles. The van der Waals surface area contributed by atoms with Crippen LogP contribution < -0.4 is 44.6 Å². The molecule has 4 aromatic rings. The van der Waals surface area contributed by atoms with Gasteiger partial charge in [-0.25, -0.2) is 0 Å². The van der Waals surface area contributed by atoms with Crippen molar-refractivity contribution in [3.8, 4) is 0 Å². The van der Waals surface area contributed by atoms with Crippen molar-refractivity contribution in [3.63, 3.8) is 0 Å². The molecule has 0 bridgehead atoms. The second kappa shape index (κ2) is 19.2. The minimum Gasteiger partial charge on any atom is -0.384 e. The second-order valence-electron chi connectivity index (χ2n) is 11.6. The fraction of sp³-hybridized carbons (Fsp3) is 0.484. The summed E-state index contributed by atoms with van der Waals surface area (Å²) in [5, 5.41) is 17.9. The van der Waals surface area contributed by atoms with Gasteiger partial charge < -0.3 is 44.6 Å². The number of nitrogens with two attached hydrogens (primary N) is 5. The first kappa shape index (κ1) is 36.9. The number of nitrogen functional groups attached to an aromatic ring is 3. The lowest BCUT2D eigenvalue weighted by Gasteiger charge is -2.09. The molecule has 1 atom stereocenters. The van der Waals surface area contributed by atoms with Crippen LogP contribution in [0, 0.1) is 0 Å². The standard InChI is InChI=1S/C31H49N19/c1-3-20(2)23-19-50(49-48-23)18-8-17-41-31-46-28(36)45-30(47-31)40-16-7-5-14-38-25(33)22-11-9-21(10-12-22)24(32)37-13-4-6-15-39-29-43-26(34)42-27(35)44-29/h9-12,19-20H,3-8,13-18H2,1-2H3,(H2,32,37)(H2,33,38)(H5,34,35,39,42,43,44)(H4,36,40,41,45,46,47). The van der Waals surface area contributed by atoms with Gasteiger partial charge >= 0.3 is 0 Å². The third-order valence-corrected chi connectivity index (χ3v) is 7.62. The van der Waals surface area contributed by atoms with Gasteiger partial charge in [0.05, 0.1) is 5.69 Å². The molecule has 0 amide bonds. The van der Waals surface area contributed by atoms with Crippen LogP contribution in [-0.2, 0) is 6.54 Å². The number of amidine groups is 2. The molecule has 4 rings (SSSR count). The molecular formula is C31H49N19. The summed E-state index contributed by atoms with van der Waals surface area (Å²) in [7, 11) is 0. The molecule has 0 radical (unpaired) electrons. The van der Waals surface area contributed by atoms with Crippen molar-refractivity contribution in [2.24, 2.45) is 21.5 Å². The number of nitrogens with zero attached hydrogens (tertiary/aromatic N) is 11. The van der Waals surface area contributed by atoms with E-state index in [1.165, 1.54) is 0 Å². The van der Waals surface area contributed by atoms with Gasteiger partial charge in [0.2, 0.25) is 35.7 Å². The smallest absolute Gasteiger partial charge is 0.229 e. The molecule has 0 fully saturated rings. The van der Waals surface area contributed by atoms with Gasteiger partial charge in [0.1, 0.15) is 11.7 Å². The van der Waals surface area contributed by atoms with Gasteiger partial charge in [0.15, 0.2) is 0 Å². The van der Waals surface area contributed by atoms with E-state index in [-0.39, 0.29) is 17.8 Å². The molecule has 13 N–H and O–H groups in total. The lowest BCUT2D eigenvalue weighted by molar-refractivity contribution is 0.569. The van der Waals surface area contributed by atoms with Crippen LogP contribution in [0.1, 0.15) is 75.1 Å². The highest BCUT2D eigenvalue weighted by molar-refractivity contribution is 6.00. The number of aryl methyl sites for hydroxylation is 1. The Bertz CT molecular complexity index is 1660. The van der Waals surface area contributed by atoms with Crippen molar-refractivity contribution in [2.45, 2.75) is 64.8 Å². The molecule has 0 aliphatic heterocycles. The average molecular weight is 688 g/mol. The molecule has 3 aromatic heterocycles. The largest absolute Gasteiger partial charge is 0.384 e. The van der Waals surface area contributed by atoms with Crippen molar-refractivity contribution in [1.29, 1.82) is 0 Å². The van der Waals surface area contributed by atoms with Gasteiger partial charge in [-0.2, -0.15) is 29.9 Å². The topological polar surface area (TPSA) is 299 Å². The van der Waals surface area contributed by atoms with Gasteiger partial charge in [-0.1, -0.05) is 43.3 Å². The molecule has 19 nitrogen and oxygen atoms in total. The van der Waals surface area contributed by atoms with Crippen LogP contribution in [0.4, 0.5) is 35.7 Å². The van der Waals surface area contributed by atoms with Gasteiger partial charge in [-0.05, 0) is 38.5 Å². The summed E-state index contributed by atoms with van der Waals surface area (Å²) in [4.78, 5) is 33.5. The number of benzene rings is 1. The van der Waals surface area contributed by atoms with Crippen molar-refractivity contribution in [2.75, 3.05) is 65.9 Å². The van der Waals surface area contributed by atoms with Crippen LogP contribution in [0.15, 0.2) is 40.4 Å². The maximum Gasteiger partial charge on any atom is 0.229 e. The van der Waals surface area contributed by atoms with E-state index in [4.69, 9.17) is 28.7 Å². The second-order valence-corrected chi connectivity index (χ2v) is 11.6. The van der Waals surface area contributed by atoms with E-state index in [0.29, 0.717) is 68.2 Å². The molecular weight excluding hydrogens is 638 g/mol. The van der Waals surface area contributed by atoms with E-state index in [9.17, 15) is 0 Å². The molecule has 268 valence electrons. The Morgan fingerprint density at radius 2 is 1.14 bits per heavy atom. The Morgan fingerprint density at radius 3 is 1.64 bits per heavy atom. The maximum absolute atomic E-state index is 6.23. The number of hydrogen-bond donors (Lipinski definition) is 8. The molecule has 19 heteroatoms. The quantitative estimate of drug-likeness (QED) is 0.0350. The maximum atomic E-state index is 6.23. The Morgan fingerprint density at radius 1 is 0.680 bits per heavy atom. The summed E-state index contributed by atoms with van der Waals surface area (Å²) in [6.07, 6.45) is 7.18. The molecule has 0 spiro atoms. The van der Waals surface area contributed by atoms with E-state index >= 15 is 0 Å². The highest BCUT2D eigenvalue weighted by Crippen LogP contribution is 2.15. The molecule has 0 aliphatic rings. The number of aliphatic imine (C=N–C) groups is 2. The first-order valence-electron chi connectivity index (χ1n) is 16.8. The SMILES string of the molecule is CCC(C)c1cn(CCCNc2nc(N)nc(NCCCCN=C(N)c3ccc(C(N)=NCCCCNc4nc(N)nc(N)n4)cc3)n2)nn1. The minimum absolute atomic E-state index is 0.0789. The van der Waals surface area contributed by atoms with Crippen molar-refractivity contribution in [1.82, 2.24) is 44.9 Å². The van der Waals surface area contributed by atoms with E-state index in [0.717, 1.165) is 61.9 Å². The van der Waals surface area contributed by atoms with E-state index < -0.39 is 0 Å². The Kier molecular flexibility index (Phi) is 14.2. The van der Waals surface area contributed by atoms with Crippen LogP contribution in [0.25, 0.3) is 0 Å². The summed E-state index contributed by atoms with van der Waals surface area (Å²) >= 11 is 0. The normalized spacial score (nSPS) is 12.5. The van der Waals surface area contributed by atoms with Crippen LogP contribution >= 0.6 is 0 Å². The summed E-state index contributed by atoms with van der Waals surface area (Å²) in [6.45, 7) is 8.14. The van der Waals surface area contributed by atoms with E-state index in [2.05, 4.69) is 80.0 Å². The zero-order valence-electron chi connectivity index (χ0n) is 28.8. The summed E-state index contributed by atoms with van der Waals surface area (Å²) in [5.41, 5.74) is 32.1. The predicted octanol–water partition coefficient (Wildman–Crippen LogP) is 1.61. The number of rotatable bonds is 21. The number of anilines is 6. The lowest BCUT2D eigenvalue weighted by atomic mass is 10.1. The van der Waals surface area contributed by atoms with Crippen LogP contribution in [0.2, 0.25) is 0 Å². The Balaban J connectivity index is 1.10. The Hall–Kier alpha value is -5.88. The van der Waals surface area contributed by atoms with Gasteiger partial charge in [0.25, 0.3) is 0 Å². The molecule has 1 aromatic carbocycles. The zero-order valence-corrected chi connectivity index (χ0v) is 28.8. The van der Waals surface area contributed by atoms with Gasteiger partial charge in [-0.3, -0.25) is 14.7 Å². The third-order valence-electron chi connectivity index (χ3n) is 7.62. The lowest BCUT2D eigenvalue weighted by Crippen LogP contribution is -2.17. The summed E-state index contributed by atoms with van der Waals surface area (Å²) < 4.78 is 1.86. The first-order valence-corrected chi connectivity index (χ1v) is 16.8. The van der Waals surface area contributed by atoms with E-state index in [1.54, 1.807) is 0 Å².